The molecule has 1 aromatic heterocycles. The largest absolute Gasteiger partial charge is 0.287 e. The maximum absolute atomic E-state index is 13.3. The summed E-state index contributed by atoms with van der Waals surface area (Å²) in [6, 6.07) is 28.1. The van der Waals surface area contributed by atoms with Crippen LogP contribution in [0.4, 0.5) is 0 Å². The Morgan fingerprint density at radius 3 is 2.26 bits per heavy atom. The van der Waals surface area contributed by atoms with E-state index in [1.54, 1.807) is 29.0 Å². The van der Waals surface area contributed by atoms with Gasteiger partial charge in [-0.2, -0.15) is 4.57 Å². The second-order valence-corrected chi connectivity index (χ2v) is 6.36. The van der Waals surface area contributed by atoms with Gasteiger partial charge in [0.15, 0.2) is 6.20 Å². The first kappa shape index (κ1) is 16.9. The van der Waals surface area contributed by atoms with Crippen LogP contribution >= 0.6 is 0 Å². The molecule has 0 atom stereocenters. The Hall–Kier alpha value is -3.59. The molecule has 3 aromatic carbocycles. The van der Waals surface area contributed by atoms with Gasteiger partial charge in [-0.3, -0.25) is 9.59 Å². The minimum Gasteiger partial charge on any atom is -0.287 e. The summed E-state index contributed by atoms with van der Waals surface area (Å²) in [4.78, 5) is 25.9. The van der Waals surface area contributed by atoms with Crippen LogP contribution in [0.5, 0.6) is 0 Å². The molecule has 130 valence electrons. The number of Topliss-reactive ketones (excluding diaryl/α,β-unsaturated/α-hetero) is 1. The van der Waals surface area contributed by atoms with E-state index in [4.69, 9.17) is 0 Å². The van der Waals surface area contributed by atoms with Gasteiger partial charge >= 0.3 is 0 Å². The molecule has 1 heterocycles. The van der Waals surface area contributed by atoms with Crippen molar-refractivity contribution in [1.82, 2.24) is 0 Å². The number of pyridine rings is 1. The lowest BCUT2D eigenvalue weighted by molar-refractivity contribution is -0.684. The summed E-state index contributed by atoms with van der Waals surface area (Å²) < 4.78 is 1.72. The van der Waals surface area contributed by atoms with Gasteiger partial charge in [0.05, 0.1) is 0 Å². The highest BCUT2D eigenvalue weighted by atomic mass is 16.1. The number of fused-ring (bicyclic) bond motifs is 1. The minimum atomic E-state index is -0.0896. The molecule has 27 heavy (non-hydrogen) atoms. The number of aromatic nitrogens is 1. The number of carbonyl (C=O) groups is 2. The van der Waals surface area contributed by atoms with Gasteiger partial charge in [-0.25, -0.2) is 0 Å². The molecule has 0 saturated heterocycles. The highest BCUT2D eigenvalue weighted by Gasteiger charge is 2.24. The second kappa shape index (κ2) is 7.34. The highest BCUT2D eigenvalue weighted by Crippen LogP contribution is 2.20. The first-order chi connectivity index (χ1) is 13.2. The lowest BCUT2D eigenvalue weighted by Crippen LogP contribution is -2.43. The molecule has 0 radical (unpaired) electrons. The maximum atomic E-state index is 13.3. The van der Waals surface area contributed by atoms with E-state index in [1.165, 1.54) is 0 Å². The zero-order valence-corrected chi connectivity index (χ0v) is 14.7. The zero-order valence-electron chi connectivity index (χ0n) is 14.7. The van der Waals surface area contributed by atoms with Gasteiger partial charge in [-0.15, -0.1) is 0 Å². The fourth-order valence-corrected chi connectivity index (χ4v) is 3.25. The molecule has 4 aromatic rings. The molecule has 0 bridgehead atoms. The van der Waals surface area contributed by atoms with Crippen LogP contribution in [0.25, 0.3) is 10.8 Å². The third-order valence-electron chi connectivity index (χ3n) is 4.62. The minimum absolute atomic E-state index is 0.0289. The highest BCUT2D eigenvalue weighted by molar-refractivity contribution is 6.14. The molecule has 3 nitrogen and oxygen atoms in total. The van der Waals surface area contributed by atoms with Gasteiger partial charge in [-0.05, 0) is 16.8 Å². The van der Waals surface area contributed by atoms with Crippen molar-refractivity contribution in [2.45, 2.75) is 6.54 Å². The number of ketones is 2. The van der Waals surface area contributed by atoms with Crippen LogP contribution in [0.1, 0.15) is 26.4 Å². The molecule has 4 rings (SSSR count). The van der Waals surface area contributed by atoms with Crippen molar-refractivity contribution < 1.29 is 14.2 Å². The molecule has 0 aliphatic rings. The van der Waals surface area contributed by atoms with Crippen LogP contribution in [0, 0.1) is 0 Å². The van der Waals surface area contributed by atoms with E-state index in [-0.39, 0.29) is 18.1 Å². The van der Waals surface area contributed by atoms with Gasteiger partial charge in [-0.1, -0.05) is 72.8 Å². The van der Waals surface area contributed by atoms with Crippen LogP contribution in [0.3, 0.4) is 0 Å². The smallest absolute Gasteiger partial charge is 0.257 e. The number of nitrogens with zero attached hydrogens (tertiary/aromatic N) is 1. The third kappa shape index (κ3) is 3.40. The average Bonchev–Trinajstić information content (AvgIpc) is 2.74. The SMILES string of the molecule is O=C(C[n+]1ccccc1C(=O)c1cccc2ccccc12)c1ccccc1. The maximum Gasteiger partial charge on any atom is 0.257 e. The molecule has 0 N–H and O–H groups in total. The van der Waals surface area contributed by atoms with E-state index < -0.39 is 0 Å². The van der Waals surface area contributed by atoms with Crippen molar-refractivity contribution >= 4 is 22.3 Å². The van der Waals surface area contributed by atoms with Gasteiger partial charge in [0.1, 0.15) is 0 Å². The number of hydrogen-bond donors (Lipinski definition) is 0. The average molecular weight is 352 g/mol. The molecular formula is C24H18NO2+. The Labute approximate surface area is 157 Å². The molecule has 0 aliphatic carbocycles. The Bertz CT molecular complexity index is 1130. The van der Waals surface area contributed by atoms with Crippen LogP contribution in [-0.4, -0.2) is 11.6 Å². The molecule has 0 fully saturated rings. The third-order valence-corrected chi connectivity index (χ3v) is 4.62. The molecule has 0 aliphatic heterocycles. The number of benzene rings is 3. The van der Waals surface area contributed by atoms with Gasteiger partial charge in [0.25, 0.3) is 11.5 Å². The predicted molar refractivity (Wildman–Crippen MR) is 105 cm³/mol. The summed E-state index contributed by atoms with van der Waals surface area (Å²) in [5.74, 6) is -0.118. The first-order valence-electron chi connectivity index (χ1n) is 8.83. The van der Waals surface area contributed by atoms with E-state index in [2.05, 4.69) is 0 Å². The van der Waals surface area contributed by atoms with E-state index in [0.717, 1.165) is 10.8 Å². The van der Waals surface area contributed by atoms with Gasteiger partial charge in [0, 0.05) is 23.3 Å². The Balaban J connectivity index is 1.72. The fourth-order valence-electron chi connectivity index (χ4n) is 3.25. The lowest BCUT2D eigenvalue weighted by Gasteiger charge is -2.06. The molecular weight excluding hydrogens is 334 g/mol. The Morgan fingerprint density at radius 2 is 1.41 bits per heavy atom. The van der Waals surface area contributed by atoms with Crippen LogP contribution in [0.2, 0.25) is 0 Å². The molecule has 0 spiro atoms. The van der Waals surface area contributed by atoms with Crippen molar-refractivity contribution in [2.24, 2.45) is 0 Å². The summed E-state index contributed by atoms with van der Waals surface area (Å²) in [7, 11) is 0. The molecule has 0 saturated carbocycles. The summed E-state index contributed by atoms with van der Waals surface area (Å²) in [5, 5.41) is 1.93. The van der Waals surface area contributed by atoms with Crippen molar-refractivity contribution in [2.75, 3.05) is 0 Å². The van der Waals surface area contributed by atoms with E-state index >= 15 is 0 Å². The van der Waals surface area contributed by atoms with Crippen LogP contribution < -0.4 is 4.57 Å². The summed E-state index contributed by atoms with van der Waals surface area (Å²) in [6.07, 6.45) is 1.78. The normalized spacial score (nSPS) is 10.7. The van der Waals surface area contributed by atoms with Crippen molar-refractivity contribution in [1.29, 1.82) is 0 Å². The fraction of sp³-hybridized carbons (Fsp3) is 0.0417. The van der Waals surface area contributed by atoms with Crippen molar-refractivity contribution in [3.8, 4) is 0 Å². The number of carbonyl (C=O) groups excluding carboxylic acids is 2. The number of hydrogen-bond acceptors (Lipinski definition) is 2. The number of rotatable bonds is 5. The monoisotopic (exact) mass is 352 g/mol. The Kier molecular flexibility index (Phi) is 4.58. The Morgan fingerprint density at radius 1 is 0.704 bits per heavy atom. The quantitative estimate of drug-likeness (QED) is 0.398. The van der Waals surface area contributed by atoms with Crippen LogP contribution in [-0.2, 0) is 6.54 Å². The topological polar surface area (TPSA) is 38.0 Å². The molecule has 0 unspecified atom stereocenters. The lowest BCUT2D eigenvalue weighted by atomic mass is 9.99. The van der Waals surface area contributed by atoms with E-state index in [0.29, 0.717) is 16.8 Å². The van der Waals surface area contributed by atoms with Crippen molar-refractivity contribution in [3.63, 3.8) is 0 Å². The van der Waals surface area contributed by atoms with Crippen LogP contribution in [0.15, 0.2) is 97.2 Å². The van der Waals surface area contributed by atoms with Crippen molar-refractivity contribution in [3.05, 3.63) is 114 Å². The van der Waals surface area contributed by atoms with Gasteiger partial charge in [0.2, 0.25) is 12.3 Å². The van der Waals surface area contributed by atoms with E-state index in [1.807, 2.05) is 72.8 Å². The summed E-state index contributed by atoms with van der Waals surface area (Å²) >= 11 is 0. The second-order valence-electron chi connectivity index (χ2n) is 6.36. The molecule has 3 heteroatoms. The van der Waals surface area contributed by atoms with E-state index in [9.17, 15) is 9.59 Å². The summed E-state index contributed by atoms with van der Waals surface area (Å²) in [5.41, 5.74) is 1.77. The predicted octanol–water partition coefficient (Wildman–Crippen LogP) is 4.24. The summed E-state index contributed by atoms with van der Waals surface area (Å²) in [6.45, 7) is 0.122. The standard InChI is InChI=1S/C24H18NO2/c26-23(19-10-2-1-3-11-19)17-25-16-7-6-15-22(25)24(27)21-14-8-12-18-9-4-5-13-20(18)21/h1-16H,17H2/q+1. The van der Waals surface area contributed by atoms with Gasteiger partial charge < -0.3 is 0 Å². The first-order valence-corrected chi connectivity index (χ1v) is 8.83. The zero-order chi connectivity index (χ0) is 18.6. The molecule has 0 amide bonds.